The van der Waals surface area contributed by atoms with Gasteiger partial charge in [0.2, 0.25) is 0 Å². The van der Waals surface area contributed by atoms with Crippen LogP contribution in [0.5, 0.6) is 0 Å². The first-order chi connectivity index (χ1) is 13.9. The summed E-state index contributed by atoms with van der Waals surface area (Å²) in [7, 11) is 1.69. The monoisotopic (exact) mass is 406 g/mol. The lowest BCUT2D eigenvalue weighted by atomic mass is 9.99. The van der Waals surface area contributed by atoms with Gasteiger partial charge in [-0.05, 0) is 32.6 Å². The maximum atomic E-state index is 12.4. The fourth-order valence-electron chi connectivity index (χ4n) is 3.34. The molecule has 0 radical (unpaired) electrons. The standard InChI is InChI=1S/C20H34N6O3/c1-6-14(7-2)16-12-15(29-25-16)13-23-18(21-5)22-10-9-11-26-17(27)20(4,8-3)24-19(26)28/h12,14H,6-11,13H2,1-5H3,(H,24,28)(H2,21,22,23). The lowest BCUT2D eigenvalue weighted by Gasteiger charge is -2.19. The Kier molecular flexibility index (Phi) is 8.04. The number of imide groups is 1. The van der Waals surface area contributed by atoms with Gasteiger partial charge >= 0.3 is 6.03 Å². The van der Waals surface area contributed by atoms with E-state index in [4.69, 9.17) is 4.52 Å². The van der Waals surface area contributed by atoms with Crippen molar-refractivity contribution in [3.8, 4) is 0 Å². The molecule has 0 bridgehead atoms. The third-order valence-electron chi connectivity index (χ3n) is 5.54. The van der Waals surface area contributed by atoms with Crippen LogP contribution in [0.15, 0.2) is 15.6 Å². The Bertz CT molecular complexity index is 728. The van der Waals surface area contributed by atoms with Crippen LogP contribution in [0, 0.1) is 0 Å². The van der Waals surface area contributed by atoms with E-state index < -0.39 is 5.54 Å². The summed E-state index contributed by atoms with van der Waals surface area (Å²) in [4.78, 5) is 29.9. The van der Waals surface area contributed by atoms with Crippen molar-refractivity contribution in [1.82, 2.24) is 26.0 Å². The normalized spacial score (nSPS) is 19.8. The first kappa shape index (κ1) is 22.7. The number of nitrogens with zero attached hydrogens (tertiary/aromatic N) is 3. The highest BCUT2D eigenvalue weighted by molar-refractivity contribution is 6.06. The molecule has 1 atom stereocenters. The van der Waals surface area contributed by atoms with Gasteiger partial charge in [0.15, 0.2) is 11.7 Å². The topological polar surface area (TPSA) is 112 Å². The van der Waals surface area contributed by atoms with Crippen LogP contribution in [0.25, 0.3) is 0 Å². The lowest BCUT2D eigenvalue weighted by Crippen LogP contribution is -2.43. The first-order valence-electron chi connectivity index (χ1n) is 10.4. The number of carbonyl (C=O) groups excluding carboxylic acids is 2. The highest BCUT2D eigenvalue weighted by atomic mass is 16.5. The number of rotatable bonds is 10. The molecule has 9 nitrogen and oxygen atoms in total. The molecule has 2 rings (SSSR count). The predicted molar refractivity (Wildman–Crippen MR) is 112 cm³/mol. The fourth-order valence-corrected chi connectivity index (χ4v) is 3.34. The summed E-state index contributed by atoms with van der Waals surface area (Å²) in [6.07, 6.45) is 3.27. The van der Waals surface area contributed by atoms with Crippen LogP contribution >= 0.6 is 0 Å². The number of amides is 3. The Hall–Kier alpha value is -2.58. The van der Waals surface area contributed by atoms with Crippen molar-refractivity contribution < 1.29 is 14.1 Å². The van der Waals surface area contributed by atoms with E-state index in [2.05, 4.69) is 39.9 Å². The van der Waals surface area contributed by atoms with Crippen molar-refractivity contribution in [2.45, 2.75) is 71.4 Å². The molecule has 0 spiro atoms. The second-order valence-electron chi connectivity index (χ2n) is 7.51. The van der Waals surface area contributed by atoms with Crippen molar-refractivity contribution in [3.05, 3.63) is 17.5 Å². The summed E-state index contributed by atoms with van der Waals surface area (Å²) in [5.74, 6) is 1.64. The molecular formula is C20H34N6O3. The number of nitrogens with one attached hydrogen (secondary N) is 3. The van der Waals surface area contributed by atoms with E-state index in [0.717, 1.165) is 24.3 Å². The Morgan fingerprint density at radius 3 is 2.62 bits per heavy atom. The molecule has 1 aromatic rings. The second kappa shape index (κ2) is 10.3. The molecule has 1 saturated heterocycles. The van der Waals surface area contributed by atoms with E-state index in [1.54, 1.807) is 14.0 Å². The van der Waals surface area contributed by atoms with Gasteiger partial charge in [-0.25, -0.2) is 4.79 Å². The highest BCUT2D eigenvalue weighted by Crippen LogP contribution is 2.22. The first-order valence-corrected chi connectivity index (χ1v) is 10.4. The fraction of sp³-hybridized carbons (Fsp3) is 0.700. The number of urea groups is 1. The smallest absolute Gasteiger partial charge is 0.325 e. The van der Waals surface area contributed by atoms with Crippen LogP contribution in [0.1, 0.15) is 70.8 Å². The molecule has 29 heavy (non-hydrogen) atoms. The van der Waals surface area contributed by atoms with Crippen LogP contribution in [0.3, 0.4) is 0 Å². The highest BCUT2D eigenvalue weighted by Gasteiger charge is 2.45. The number of carbonyl (C=O) groups is 2. The van der Waals surface area contributed by atoms with Crippen molar-refractivity contribution in [3.63, 3.8) is 0 Å². The third-order valence-corrected chi connectivity index (χ3v) is 5.54. The maximum Gasteiger partial charge on any atom is 0.325 e. The number of hydrogen-bond acceptors (Lipinski definition) is 5. The van der Waals surface area contributed by atoms with Crippen LogP contribution in [0.2, 0.25) is 0 Å². The second-order valence-corrected chi connectivity index (χ2v) is 7.51. The molecule has 1 fully saturated rings. The Morgan fingerprint density at radius 2 is 2.03 bits per heavy atom. The molecule has 9 heteroatoms. The summed E-state index contributed by atoms with van der Waals surface area (Å²) in [6.45, 7) is 9.37. The Morgan fingerprint density at radius 1 is 1.31 bits per heavy atom. The Balaban J connectivity index is 1.75. The van der Waals surface area contributed by atoms with E-state index >= 15 is 0 Å². The van der Waals surface area contributed by atoms with Gasteiger partial charge in [0.1, 0.15) is 5.54 Å². The minimum atomic E-state index is -0.785. The van der Waals surface area contributed by atoms with Gasteiger partial charge in [-0.1, -0.05) is 25.9 Å². The quantitative estimate of drug-likeness (QED) is 0.238. The number of aromatic nitrogens is 1. The summed E-state index contributed by atoms with van der Waals surface area (Å²) in [6, 6.07) is 1.67. The van der Waals surface area contributed by atoms with Crippen LogP contribution in [-0.4, -0.2) is 53.6 Å². The number of aliphatic imine (C=N–C) groups is 1. The average Bonchev–Trinajstić information content (AvgIpc) is 3.26. The van der Waals surface area contributed by atoms with Gasteiger partial charge in [-0.2, -0.15) is 0 Å². The average molecular weight is 407 g/mol. The van der Waals surface area contributed by atoms with Gasteiger partial charge in [-0.15, -0.1) is 0 Å². The summed E-state index contributed by atoms with van der Waals surface area (Å²) < 4.78 is 5.41. The molecule has 0 aliphatic carbocycles. The molecule has 0 saturated carbocycles. The van der Waals surface area contributed by atoms with Gasteiger partial charge in [-0.3, -0.25) is 14.7 Å². The van der Waals surface area contributed by atoms with E-state index in [0.29, 0.717) is 44.4 Å². The molecular weight excluding hydrogens is 372 g/mol. The molecule has 0 aromatic carbocycles. The third kappa shape index (κ3) is 5.48. The summed E-state index contributed by atoms with van der Waals surface area (Å²) in [5.41, 5.74) is 0.203. The molecule has 1 unspecified atom stereocenters. The minimum Gasteiger partial charge on any atom is -0.359 e. The van der Waals surface area contributed by atoms with E-state index in [-0.39, 0.29) is 11.9 Å². The Labute approximate surface area is 172 Å². The van der Waals surface area contributed by atoms with Crippen molar-refractivity contribution in [1.29, 1.82) is 0 Å². The van der Waals surface area contributed by atoms with Crippen molar-refractivity contribution >= 4 is 17.9 Å². The lowest BCUT2D eigenvalue weighted by molar-refractivity contribution is -0.130. The van der Waals surface area contributed by atoms with E-state index in [1.165, 1.54) is 4.90 Å². The molecule has 3 amide bonds. The molecule has 162 valence electrons. The molecule has 2 heterocycles. The number of hydrogen-bond donors (Lipinski definition) is 3. The van der Waals surface area contributed by atoms with Gasteiger partial charge in [0.05, 0.1) is 12.2 Å². The van der Waals surface area contributed by atoms with Crippen molar-refractivity contribution in [2.24, 2.45) is 4.99 Å². The van der Waals surface area contributed by atoms with E-state index in [9.17, 15) is 9.59 Å². The SMILES string of the molecule is CCC(CC)c1cc(CNC(=NC)NCCCN2C(=O)NC(C)(CC)C2=O)on1. The largest absolute Gasteiger partial charge is 0.359 e. The maximum absolute atomic E-state index is 12.4. The van der Waals surface area contributed by atoms with E-state index in [1.807, 2.05) is 13.0 Å². The van der Waals surface area contributed by atoms with Gasteiger partial charge in [0.25, 0.3) is 5.91 Å². The molecule has 1 aliphatic rings. The van der Waals surface area contributed by atoms with Crippen LogP contribution < -0.4 is 16.0 Å². The summed E-state index contributed by atoms with van der Waals surface area (Å²) >= 11 is 0. The molecule has 3 N–H and O–H groups in total. The van der Waals surface area contributed by atoms with Gasteiger partial charge in [0, 0.05) is 32.1 Å². The minimum absolute atomic E-state index is 0.161. The number of guanidine groups is 1. The summed E-state index contributed by atoms with van der Waals surface area (Å²) in [5, 5.41) is 13.3. The van der Waals surface area contributed by atoms with Crippen LogP contribution in [0.4, 0.5) is 4.79 Å². The molecule has 1 aliphatic heterocycles. The zero-order valence-corrected chi connectivity index (χ0v) is 18.2. The predicted octanol–water partition coefficient (Wildman–Crippen LogP) is 2.35. The zero-order chi connectivity index (χ0) is 21.4. The van der Waals surface area contributed by atoms with Gasteiger partial charge < -0.3 is 20.5 Å². The van der Waals surface area contributed by atoms with Crippen LogP contribution in [-0.2, 0) is 11.3 Å². The molecule has 1 aromatic heterocycles. The zero-order valence-electron chi connectivity index (χ0n) is 18.2. The van der Waals surface area contributed by atoms with Crippen molar-refractivity contribution in [2.75, 3.05) is 20.1 Å².